The van der Waals surface area contributed by atoms with Crippen LogP contribution in [0.1, 0.15) is 5.01 Å². The van der Waals surface area contributed by atoms with Gasteiger partial charge < -0.3 is 0 Å². The topological polar surface area (TPSA) is 12.9 Å². The number of aryl methyl sites for hydroxylation is 1. The van der Waals surface area contributed by atoms with Crippen LogP contribution in [0.25, 0.3) is 21.3 Å². The Morgan fingerprint density at radius 2 is 0.972 bits per heavy atom. The molecule has 0 atom stereocenters. The van der Waals surface area contributed by atoms with Crippen molar-refractivity contribution in [3.05, 3.63) is 138 Å². The minimum atomic E-state index is -3.00. The third-order valence-electron chi connectivity index (χ3n) is 7.55. The Balaban J connectivity index is 1.61. The molecule has 0 bridgehead atoms. The minimum absolute atomic E-state index is 1.08. The lowest BCUT2D eigenvalue weighted by Crippen LogP contribution is -2.19. The summed E-state index contributed by atoms with van der Waals surface area (Å²) in [5.41, 5.74) is 3.53. The number of fused-ring (bicyclic) bond motifs is 1. The molecule has 6 aromatic rings. The number of hydrogen-bond acceptors (Lipinski definition) is 2. The summed E-state index contributed by atoms with van der Waals surface area (Å²) in [4.78, 5) is 10.1. The highest BCUT2D eigenvalue weighted by atomic mass is 32.3. The van der Waals surface area contributed by atoms with Gasteiger partial charge in [0.2, 0.25) is 0 Å². The molecule has 0 aliphatic carbocycles. The van der Waals surface area contributed by atoms with Crippen LogP contribution in [0.4, 0.5) is 0 Å². The molecule has 0 N–H and O–H groups in total. The van der Waals surface area contributed by atoms with E-state index in [1.165, 1.54) is 35.4 Å². The molecule has 0 amide bonds. The molecule has 178 valence electrons. The van der Waals surface area contributed by atoms with E-state index < -0.39 is 9.16 Å². The number of thiol groups is 1. The first kappa shape index (κ1) is 22.8. The van der Waals surface area contributed by atoms with E-state index in [0.29, 0.717) is 0 Å². The molecule has 0 aliphatic rings. The van der Waals surface area contributed by atoms with E-state index in [1.54, 1.807) is 11.3 Å². The third-order valence-corrected chi connectivity index (χ3v) is 14.8. The first-order valence-corrected chi connectivity index (χ1v) is 15.7. The van der Waals surface area contributed by atoms with E-state index >= 15 is 0 Å². The van der Waals surface area contributed by atoms with Crippen molar-refractivity contribution in [1.29, 1.82) is 0 Å². The Kier molecular flexibility index (Phi) is 5.55. The van der Waals surface area contributed by atoms with Crippen LogP contribution < -0.4 is 0 Å². The van der Waals surface area contributed by atoms with Crippen LogP contribution >= 0.6 is 20.5 Å². The molecule has 1 nitrogen and oxygen atoms in total. The van der Waals surface area contributed by atoms with Crippen molar-refractivity contribution >= 4 is 30.7 Å². The number of aromatic nitrogens is 1. The number of nitrogens with zero attached hydrogens (tertiary/aromatic N) is 1. The molecule has 1 heterocycles. The lowest BCUT2D eigenvalue weighted by atomic mass is 10.1. The predicted octanol–water partition coefficient (Wildman–Crippen LogP) is 9.51. The molecular formula is C33H29NS2. The molecule has 36 heavy (non-hydrogen) atoms. The Morgan fingerprint density at radius 1 is 0.528 bits per heavy atom. The van der Waals surface area contributed by atoms with E-state index in [0.717, 1.165) is 10.5 Å². The van der Waals surface area contributed by atoms with Gasteiger partial charge in [0, 0.05) is 0 Å². The molecule has 0 aliphatic heterocycles. The van der Waals surface area contributed by atoms with Gasteiger partial charge in [-0.15, -0.1) is 11.3 Å². The Morgan fingerprint density at radius 3 is 1.47 bits per heavy atom. The fraction of sp³-hybridized carbons (Fsp3) is 0.0606. The van der Waals surface area contributed by atoms with Gasteiger partial charge >= 0.3 is 0 Å². The normalized spacial score (nSPS) is 12.8. The van der Waals surface area contributed by atoms with Gasteiger partial charge in [-0.1, -0.05) is 121 Å². The highest BCUT2D eigenvalue weighted by molar-refractivity contribution is 8.49. The van der Waals surface area contributed by atoms with Crippen LogP contribution in [-0.2, 0) is 0 Å². The average Bonchev–Trinajstić information content (AvgIpc) is 3.33. The smallest absolute Gasteiger partial charge is 0.0907 e. The maximum absolute atomic E-state index is 4.63. The van der Waals surface area contributed by atoms with Crippen molar-refractivity contribution in [2.45, 2.75) is 26.5 Å². The van der Waals surface area contributed by atoms with Gasteiger partial charge in [-0.05, 0) is 56.0 Å². The van der Waals surface area contributed by atoms with Crippen molar-refractivity contribution in [2.75, 3.05) is 6.26 Å². The quantitative estimate of drug-likeness (QED) is 0.231. The van der Waals surface area contributed by atoms with Crippen LogP contribution in [0.2, 0.25) is 0 Å². The maximum Gasteiger partial charge on any atom is 0.0907 e. The van der Waals surface area contributed by atoms with Crippen molar-refractivity contribution < 1.29 is 0 Å². The zero-order valence-corrected chi connectivity index (χ0v) is 22.2. The van der Waals surface area contributed by atoms with Crippen LogP contribution in [0.15, 0.2) is 153 Å². The van der Waals surface area contributed by atoms with Gasteiger partial charge in [-0.2, -0.15) is 0 Å². The largest absolute Gasteiger partial charge is 0.242 e. The summed E-state index contributed by atoms with van der Waals surface area (Å²) in [6.45, 7) is 2.07. The standard InChI is InChI=1S/C33H29NS2/c1-25-34-32-23-20-27(24-33(32)35-25)26-18-21-31(22-19-26)36(2,28-12-6-3-7-13-28,29-14-8-4-9-15-29)30-16-10-5-11-17-30/h3-24,36H,1-2H3. The highest BCUT2D eigenvalue weighted by Gasteiger charge is 2.43. The number of thiazole rings is 1. The zero-order valence-electron chi connectivity index (χ0n) is 20.5. The number of benzene rings is 5. The Hall–Kier alpha value is -3.66. The van der Waals surface area contributed by atoms with Gasteiger partial charge in [0.1, 0.15) is 0 Å². The Labute approximate surface area is 217 Å². The SMILES string of the molecule is Cc1nc2ccc(-c3ccc([SH](C)(c4ccccc4)(c4ccccc4)c4ccccc4)cc3)cc2s1. The first-order valence-electron chi connectivity index (χ1n) is 12.2. The van der Waals surface area contributed by atoms with Crippen LogP contribution in [0, 0.1) is 6.92 Å². The van der Waals surface area contributed by atoms with E-state index in [2.05, 4.69) is 152 Å². The lowest BCUT2D eigenvalue weighted by Gasteiger charge is -2.60. The molecule has 0 fully saturated rings. The molecule has 0 unspecified atom stereocenters. The summed E-state index contributed by atoms with van der Waals surface area (Å²) < 4.78 is 1.24. The maximum atomic E-state index is 4.63. The van der Waals surface area contributed by atoms with Gasteiger partial charge in [0.25, 0.3) is 0 Å². The highest BCUT2D eigenvalue weighted by Crippen LogP contribution is 2.87. The second kappa shape index (κ2) is 8.77. The molecule has 5 aromatic carbocycles. The van der Waals surface area contributed by atoms with Gasteiger partial charge in [0.05, 0.1) is 15.2 Å². The van der Waals surface area contributed by atoms with Crippen molar-refractivity contribution in [2.24, 2.45) is 0 Å². The van der Waals surface area contributed by atoms with Crippen molar-refractivity contribution in [3.63, 3.8) is 0 Å². The Bertz CT molecular complexity index is 1540. The molecule has 1 aromatic heterocycles. The summed E-state index contributed by atoms with van der Waals surface area (Å²) in [7, 11) is -3.00. The van der Waals surface area contributed by atoms with Crippen LogP contribution in [0.3, 0.4) is 0 Å². The van der Waals surface area contributed by atoms with E-state index in [9.17, 15) is 0 Å². The summed E-state index contributed by atoms with van der Waals surface area (Å²) in [5, 5.41) is 1.11. The minimum Gasteiger partial charge on any atom is -0.242 e. The van der Waals surface area contributed by atoms with E-state index in [1.807, 2.05) is 0 Å². The van der Waals surface area contributed by atoms with E-state index in [-0.39, 0.29) is 0 Å². The number of rotatable bonds is 5. The average molecular weight is 504 g/mol. The van der Waals surface area contributed by atoms with Crippen LogP contribution in [0.5, 0.6) is 0 Å². The fourth-order valence-corrected chi connectivity index (χ4v) is 11.8. The second-order valence-corrected chi connectivity index (χ2v) is 16.0. The monoisotopic (exact) mass is 503 g/mol. The number of hydrogen-bond donors (Lipinski definition) is 1. The lowest BCUT2D eigenvalue weighted by molar-refractivity contribution is 1.20. The molecule has 0 spiro atoms. The van der Waals surface area contributed by atoms with Gasteiger partial charge in [0.15, 0.2) is 0 Å². The van der Waals surface area contributed by atoms with Gasteiger partial charge in [-0.25, -0.2) is 14.1 Å². The summed E-state index contributed by atoms with van der Waals surface area (Å²) in [6.07, 6.45) is 2.51. The predicted molar refractivity (Wildman–Crippen MR) is 157 cm³/mol. The molecule has 0 saturated heterocycles. The first-order chi connectivity index (χ1) is 17.6. The molecule has 0 saturated carbocycles. The van der Waals surface area contributed by atoms with Crippen molar-refractivity contribution in [1.82, 2.24) is 4.98 Å². The van der Waals surface area contributed by atoms with Gasteiger partial charge in [-0.3, -0.25) is 0 Å². The summed E-state index contributed by atoms with van der Waals surface area (Å²) >= 11 is 1.75. The fourth-order valence-electron chi connectivity index (χ4n) is 5.54. The molecule has 6 rings (SSSR count). The molecular weight excluding hydrogens is 475 g/mol. The third kappa shape index (κ3) is 3.42. The van der Waals surface area contributed by atoms with Crippen molar-refractivity contribution in [3.8, 4) is 11.1 Å². The second-order valence-electron chi connectivity index (χ2n) is 9.53. The van der Waals surface area contributed by atoms with E-state index in [4.69, 9.17) is 0 Å². The summed E-state index contributed by atoms with van der Waals surface area (Å²) in [6, 6.07) is 49.2. The zero-order chi connectivity index (χ0) is 24.6. The van der Waals surface area contributed by atoms with Crippen LogP contribution in [-0.4, -0.2) is 11.2 Å². The summed E-state index contributed by atoms with van der Waals surface area (Å²) in [5.74, 6) is 0. The molecule has 0 radical (unpaired) electrons. The molecule has 3 heteroatoms.